The van der Waals surface area contributed by atoms with Crippen molar-refractivity contribution in [1.82, 2.24) is 0 Å². The summed E-state index contributed by atoms with van der Waals surface area (Å²) in [6.45, 7) is -0.589. The zero-order valence-electron chi connectivity index (χ0n) is 18.7. The first-order chi connectivity index (χ1) is 16.5. The van der Waals surface area contributed by atoms with Gasteiger partial charge in [-0.2, -0.15) is 0 Å². The van der Waals surface area contributed by atoms with Crippen molar-refractivity contribution in [3.8, 4) is 5.75 Å². The van der Waals surface area contributed by atoms with Gasteiger partial charge >= 0.3 is 12.1 Å². The number of aliphatic carboxylic acids is 1. The number of para-hydroxylation sites is 2. The smallest absolute Gasteiger partial charge is 0.419 e. The summed E-state index contributed by atoms with van der Waals surface area (Å²) < 4.78 is 11.1. The molecule has 7 heteroatoms. The van der Waals surface area contributed by atoms with Gasteiger partial charge in [0.1, 0.15) is 18.0 Å². The molecule has 176 valence electrons. The van der Waals surface area contributed by atoms with Gasteiger partial charge < -0.3 is 19.7 Å². The number of carboxylic acid groups (broad SMARTS) is 1. The van der Waals surface area contributed by atoms with Gasteiger partial charge in [-0.3, -0.25) is 0 Å². The fourth-order valence-corrected chi connectivity index (χ4v) is 4.27. The van der Waals surface area contributed by atoms with Gasteiger partial charge in [-0.05, 0) is 60.7 Å². The molecule has 0 fully saturated rings. The van der Waals surface area contributed by atoms with E-state index in [2.05, 4.69) is 0 Å². The third-order valence-electron chi connectivity index (χ3n) is 5.85. The molecule has 3 aromatic carbocycles. The van der Waals surface area contributed by atoms with Crippen LogP contribution in [0.2, 0.25) is 0 Å². The molecule has 3 aromatic rings. The van der Waals surface area contributed by atoms with E-state index < -0.39 is 24.3 Å². The van der Waals surface area contributed by atoms with E-state index in [0.29, 0.717) is 36.4 Å². The second kappa shape index (κ2) is 10.4. The summed E-state index contributed by atoms with van der Waals surface area (Å²) in [5.74, 6) is -0.531. The van der Waals surface area contributed by atoms with Crippen molar-refractivity contribution in [2.45, 2.75) is 31.3 Å². The molecule has 4 rings (SSSR count). The van der Waals surface area contributed by atoms with Crippen LogP contribution in [0, 0.1) is 0 Å². The first-order valence-electron chi connectivity index (χ1n) is 11.2. The van der Waals surface area contributed by atoms with Gasteiger partial charge in [0.2, 0.25) is 0 Å². The van der Waals surface area contributed by atoms with Gasteiger partial charge in [-0.15, -0.1) is 0 Å². The van der Waals surface area contributed by atoms with Gasteiger partial charge in [0, 0.05) is 6.42 Å². The molecule has 0 aliphatic heterocycles. The minimum atomic E-state index is -1.24. The number of nitrogens with zero attached hydrogens (tertiary/aromatic N) is 1. The van der Waals surface area contributed by atoms with E-state index >= 15 is 0 Å². The zero-order valence-corrected chi connectivity index (χ0v) is 18.7. The zero-order chi connectivity index (χ0) is 24.0. The Balaban J connectivity index is 1.50. The normalized spacial score (nSPS) is 17.2. The van der Waals surface area contributed by atoms with Gasteiger partial charge in [0.15, 0.2) is 6.61 Å². The van der Waals surface area contributed by atoms with E-state index in [1.807, 2.05) is 66.7 Å². The fraction of sp³-hybridized carbons (Fsp3) is 0.259. The van der Waals surface area contributed by atoms with E-state index in [4.69, 9.17) is 14.6 Å². The number of rotatable bonds is 7. The maximum Gasteiger partial charge on any atom is 0.419 e. The van der Waals surface area contributed by atoms with Crippen LogP contribution in [0.3, 0.4) is 0 Å². The number of fused-ring (bicyclic) bond motifs is 1. The minimum absolute atomic E-state index is 0.165. The van der Waals surface area contributed by atoms with Crippen LogP contribution in [0.15, 0.2) is 78.9 Å². The van der Waals surface area contributed by atoms with Crippen LogP contribution in [-0.4, -0.2) is 41.1 Å². The molecular formula is C27H27NO6. The molecule has 0 spiro atoms. The number of aliphatic hydroxyl groups is 1. The highest BCUT2D eigenvalue weighted by Gasteiger charge is 2.34. The third kappa shape index (κ3) is 5.55. The van der Waals surface area contributed by atoms with Crippen molar-refractivity contribution in [3.63, 3.8) is 0 Å². The number of ether oxygens (including phenoxy) is 2. The Bertz CT molecular complexity index is 1090. The molecule has 1 aliphatic rings. The standard InChI is InChI=1S/C27H27NO6/c29-25(30)18-33-24-15-7-9-20-17-27(32,16-8-14-23(20)24)19-34-26(31)28(21-10-3-1-4-11-21)22-12-5-2-6-13-22/h1-7,9-13,15,32H,8,14,16-19H2,(H,29,30). The fourth-order valence-electron chi connectivity index (χ4n) is 4.27. The van der Waals surface area contributed by atoms with Crippen molar-refractivity contribution >= 4 is 23.4 Å². The second-order valence-electron chi connectivity index (χ2n) is 8.39. The van der Waals surface area contributed by atoms with Crippen LogP contribution in [-0.2, 0) is 22.4 Å². The number of carbonyl (C=O) groups excluding carboxylic acids is 1. The molecule has 0 saturated heterocycles. The minimum Gasteiger partial charge on any atom is -0.482 e. The first kappa shape index (κ1) is 23.3. The van der Waals surface area contributed by atoms with Crippen molar-refractivity contribution in [3.05, 3.63) is 90.0 Å². The Kier molecular flexibility index (Phi) is 7.13. The number of carboxylic acids is 1. The largest absolute Gasteiger partial charge is 0.482 e. The van der Waals surface area contributed by atoms with Crippen LogP contribution in [0.5, 0.6) is 5.75 Å². The topological polar surface area (TPSA) is 96.3 Å². The Morgan fingerprint density at radius 2 is 1.56 bits per heavy atom. The molecule has 0 radical (unpaired) electrons. The average Bonchev–Trinajstić information content (AvgIpc) is 3.02. The number of hydrogen-bond acceptors (Lipinski definition) is 5. The van der Waals surface area contributed by atoms with Crippen LogP contribution in [0.4, 0.5) is 16.2 Å². The van der Waals surface area contributed by atoms with Crippen molar-refractivity contribution in [1.29, 1.82) is 0 Å². The van der Waals surface area contributed by atoms with Crippen molar-refractivity contribution < 1.29 is 29.3 Å². The number of benzene rings is 3. The molecule has 34 heavy (non-hydrogen) atoms. The van der Waals surface area contributed by atoms with Crippen molar-refractivity contribution in [2.24, 2.45) is 0 Å². The maximum absolute atomic E-state index is 13.2. The van der Waals surface area contributed by atoms with Gasteiger partial charge in [0.25, 0.3) is 0 Å². The molecule has 1 atom stereocenters. The highest BCUT2D eigenvalue weighted by molar-refractivity contribution is 5.95. The summed E-state index contributed by atoms with van der Waals surface area (Å²) in [6.07, 6.45) is 1.42. The Hall–Kier alpha value is -3.84. The summed E-state index contributed by atoms with van der Waals surface area (Å²) in [6, 6.07) is 23.8. The predicted octanol–water partition coefficient (Wildman–Crippen LogP) is 4.73. The first-order valence-corrected chi connectivity index (χ1v) is 11.2. The molecule has 0 bridgehead atoms. The molecular weight excluding hydrogens is 434 g/mol. The van der Waals surface area contributed by atoms with E-state index in [-0.39, 0.29) is 13.0 Å². The van der Waals surface area contributed by atoms with Crippen LogP contribution >= 0.6 is 0 Å². The summed E-state index contributed by atoms with van der Waals surface area (Å²) in [4.78, 5) is 25.6. The molecule has 0 heterocycles. The second-order valence-corrected chi connectivity index (χ2v) is 8.39. The molecule has 7 nitrogen and oxygen atoms in total. The lowest BCUT2D eigenvalue weighted by atomic mass is 9.92. The van der Waals surface area contributed by atoms with Crippen molar-refractivity contribution in [2.75, 3.05) is 18.1 Å². The molecule has 1 aliphatic carbocycles. The third-order valence-corrected chi connectivity index (χ3v) is 5.85. The monoisotopic (exact) mass is 461 g/mol. The Morgan fingerprint density at radius 1 is 0.912 bits per heavy atom. The Labute approximate surface area is 198 Å². The molecule has 1 amide bonds. The van der Waals surface area contributed by atoms with Crippen LogP contribution < -0.4 is 9.64 Å². The van der Waals surface area contributed by atoms with Crippen LogP contribution in [0.1, 0.15) is 24.0 Å². The molecule has 1 unspecified atom stereocenters. The van der Waals surface area contributed by atoms with E-state index in [9.17, 15) is 14.7 Å². The van der Waals surface area contributed by atoms with Crippen LogP contribution in [0.25, 0.3) is 0 Å². The number of hydrogen-bond donors (Lipinski definition) is 2. The maximum atomic E-state index is 13.2. The quantitative estimate of drug-likeness (QED) is 0.494. The van der Waals surface area contributed by atoms with Gasteiger partial charge in [-0.1, -0.05) is 48.5 Å². The highest BCUT2D eigenvalue weighted by atomic mass is 16.6. The number of carbonyl (C=O) groups is 2. The lowest BCUT2D eigenvalue weighted by Crippen LogP contribution is -2.39. The van der Waals surface area contributed by atoms with E-state index in [1.54, 1.807) is 12.1 Å². The predicted molar refractivity (Wildman–Crippen MR) is 128 cm³/mol. The SMILES string of the molecule is O=C(O)COc1cccc2c1CCCC(O)(COC(=O)N(c1ccccc1)c1ccccc1)C2. The lowest BCUT2D eigenvalue weighted by Gasteiger charge is -2.29. The van der Waals surface area contributed by atoms with E-state index in [0.717, 1.165) is 11.1 Å². The number of amides is 1. The highest BCUT2D eigenvalue weighted by Crippen LogP contribution is 2.34. The average molecular weight is 462 g/mol. The van der Waals surface area contributed by atoms with Gasteiger partial charge in [-0.25, -0.2) is 14.5 Å². The van der Waals surface area contributed by atoms with Gasteiger partial charge in [0.05, 0.1) is 11.4 Å². The summed E-state index contributed by atoms with van der Waals surface area (Å²) in [5.41, 5.74) is 1.84. The summed E-state index contributed by atoms with van der Waals surface area (Å²) >= 11 is 0. The van der Waals surface area contributed by atoms with E-state index in [1.165, 1.54) is 4.90 Å². The molecule has 0 saturated carbocycles. The Morgan fingerprint density at radius 3 is 2.18 bits per heavy atom. The molecule has 0 aromatic heterocycles. The number of anilines is 2. The summed E-state index contributed by atoms with van der Waals surface area (Å²) in [7, 11) is 0. The lowest BCUT2D eigenvalue weighted by molar-refractivity contribution is -0.139. The summed E-state index contributed by atoms with van der Waals surface area (Å²) in [5, 5.41) is 20.3. The molecule has 2 N–H and O–H groups in total.